The molecule has 0 atom stereocenters. The van der Waals surface area contributed by atoms with E-state index in [4.69, 9.17) is 0 Å². The molecule has 3 nitrogen and oxygen atoms in total. The van der Waals surface area contributed by atoms with Crippen LogP contribution in [0.15, 0.2) is 70.7 Å². The Bertz CT molecular complexity index is 992. The SMILES string of the molecule is O=C(Cc1csc(-c2ccccc2)n1)N(CCc1cccs1)Cc1cccs1. The summed E-state index contributed by atoms with van der Waals surface area (Å²) in [6, 6.07) is 18.4. The van der Waals surface area contributed by atoms with Crippen molar-refractivity contribution in [1.29, 1.82) is 0 Å². The van der Waals surface area contributed by atoms with E-state index in [1.807, 2.05) is 34.5 Å². The van der Waals surface area contributed by atoms with Crippen molar-refractivity contribution in [3.63, 3.8) is 0 Å². The van der Waals surface area contributed by atoms with Crippen LogP contribution in [0.2, 0.25) is 0 Å². The van der Waals surface area contributed by atoms with Gasteiger partial charge in [-0.1, -0.05) is 42.5 Å². The molecule has 28 heavy (non-hydrogen) atoms. The molecule has 0 saturated carbocycles. The number of thiophene rings is 2. The second kappa shape index (κ2) is 9.28. The second-order valence-corrected chi connectivity index (χ2v) is 9.33. The van der Waals surface area contributed by atoms with Gasteiger partial charge in [0.05, 0.1) is 18.7 Å². The summed E-state index contributed by atoms with van der Waals surface area (Å²) in [5.41, 5.74) is 1.94. The minimum atomic E-state index is 0.134. The molecule has 4 aromatic rings. The molecule has 0 N–H and O–H groups in total. The molecule has 142 valence electrons. The van der Waals surface area contributed by atoms with E-state index in [0.29, 0.717) is 13.0 Å². The summed E-state index contributed by atoms with van der Waals surface area (Å²) >= 11 is 5.03. The van der Waals surface area contributed by atoms with Crippen LogP contribution in [0.4, 0.5) is 0 Å². The molecule has 0 aliphatic heterocycles. The number of rotatable bonds is 8. The van der Waals surface area contributed by atoms with Crippen LogP contribution in [-0.4, -0.2) is 22.3 Å². The molecule has 0 radical (unpaired) electrons. The highest BCUT2D eigenvalue weighted by Crippen LogP contribution is 2.24. The molecule has 6 heteroatoms. The molecular formula is C22H20N2OS3. The van der Waals surface area contributed by atoms with Crippen LogP contribution in [0.25, 0.3) is 10.6 Å². The molecule has 0 aliphatic rings. The predicted octanol–water partition coefficient (Wildman–Crippen LogP) is 5.75. The summed E-state index contributed by atoms with van der Waals surface area (Å²) in [6.45, 7) is 1.39. The molecule has 0 spiro atoms. The molecule has 3 aromatic heterocycles. The van der Waals surface area contributed by atoms with Gasteiger partial charge >= 0.3 is 0 Å². The number of amides is 1. The smallest absolute Gasteiger partial charge is 0.228 e. The van der Waals surface area contributed by atoms with Crippen LogP contribution in [0.1, 0.15) is 15.4 Å². The van der Waals surface area contributed by atoms with Gasteiger partial charge in [0.15, 0.2) is 0 Å². The first-order valence-corrected chi connectivity index (χ1v) is 11.7. The Morgan fingerprint density at radius 2 is 1.64 bits per heavy atom. The Morgan fingerprint density at radius 1 is 0.893 bits per heavy atom. The molecule has 3 heterocycles. The van der Waals surface area contributed by atoms with Crippen LogP contribution in [0.3, 0.4) is 0 Å². The zero-order chi connectivity index (χ0) is 19.2. The first kappa shape index (κ1) is 19.1. The van der Waals surface area contributed by atoms with E-state index >= 15 is 0 Å². The quantitative estimate of drug-likeness (QED) is 0.361. The van der Waals surface area contributed by atoms with E-state index in [1.165, 1.54) is 9.75 Å². The van der Waals surface area contributed by atoms with Crippen molar-refractivity contribution in [3.05, 3.63) is 86.2 Å². The summed E-state index contributed by atoms with van der Waals surface area (Å²) in [7, 11) is 0. The fourth-order valence-corrected chi connectivity index (χ4v) is 5.19. The summed E-state index contributed by atoms with van der Waals surface area (Å²) in [6.07, 6.45) is 1.24. The average molecular weight is 425 g/mol. The van der Waals surface area contributed by atoms with Crippen molar-refractivity contribution >= 4 is 39.9 Å². The van der Waals surface area contributed by atoms with Gasteiger partial charge in [-0.25, -0.2) is 4.98 Å². The van der Waals surface area contributed by atoms with E-state index < -0.39 is 0 Å². The van der Waals surface area contributed by atoms with Gasteiger partial charge in [-0.2, -0.15) is 0 Å². The monoisotopic (exact) mass is 424 g/mol. The maximum Gasteiger partial charge on any atom is 0.228 e. The molecule has 0 saturated heterocycles. The van der Waals surface area contributed by atoms with Crippen LogP contribution in [0, 0.1) is 0 Å². The largest absolute Gasteiger partial charge is 0.337 e. The Morgan fingerprint density at radius 3 is 2.36 bits per heavy atom. The number of aromatic nitrogens is 1. The normalized spacial score (nSPS) is 10.9. The maximum atomic E-state index is 13.0. The van der Waals surface area contributed by atoms with Gasteiger partial charge in [0, 0.05) is 27.2 Å². The fraction of sp³-hybridized carbons (Fsp3) is 0.182. The number of hydrogen-bond donors (Lipinski definition) is 0. The van der Waals surface area contributed by atoms with Gasteiger partial charge in [-0.15, -0.1) is 34.0 Å². The lowest BCUT2D eigenvalue weighted by atomic mass is 10.2. The standard InChI is InChI=1S/C22H20N2OS3/c25-21(14-18-16-28-22(23-18)17-6-2-1-3-7-17)24(15-20-9-5-13-27-20)11-10-19-8-4-12-26-19/h1-9,12-13,16H,10-11,14-15H2. The molecule has 0 unspecified atom stereocenters. The molecule has 1 aromatic carbocycles. The van der Waals surface area contributed by atoms with Crippen LogP contribution in [-0.2, 0) is 24.2 Å². The Labute approximate surface area is 176 Å². The van der Waals surface area contributed by atoms with Crippen LogP contribution >= 0.6 is 34.0 Å². The van der Waals surface area contributed by atoms with Crippen molar-refractivity contribution in [2.45, 2.75) is 19.4 Å². The van der Waals surface area contributed by atoms with Gasteiger partial charge in [-0.3, -0.25) is 4.79 Å². The van der Waals surface area contributed by atoms with Crippen molar-refractivity contribution in [3.8, 4) is 10.6 Å². The Hall–Kier alpha value is -2.28. The summed E-state index contributed by atoms with van der Waals surface area (Å²) in [4.78, 5) is 22.2. The van der Waals surface area contributed by atoms with Gasteiger partial charge < -0.3 is 4.90 Å². The average Bonchev–Trinajstić information content (AvgIpc) is 3.48. The van der Waals surface area contributed by atoms with E-state index in [0.717, 1.165) is 29.2 Å². The third-order valence-corrected chi connectivity index (χ3v) is 7.13. The minimum absolute atomic E-state index is 0.134. The van der Waals surface area contributed by atoms with Gasteiger partial charge in [0.25, 0.3) is 0 Å². The van der Waals surface area contributed by atoms with Crippen molar-refractivity contribution < 1.29 is 4.79 Å². The summed E-state index contributed by atoms with van der Waals surface area (Å²) in [5, 5.41) is 7.11. The van der Waals surface area contributed by atoms with Gasteiger partial charge in [0.1, 0.15) is 5.01 Å². The summed E-state index contributed by atoms with van der Waals surface area (Å²) < 4.78 is 0. The highest BCUT2D eigenvalue weighted by Gasteiger charge is 2.17. The van der Waals surface area contributed by atoms with E-state index in [-0.39, 0.29) is 5.91 Å². The first-order valence-electron chi connectivity index (χ1n) is 9.10. The zero-order valence-electron chi connectivity index (χ0n) is 15.3. The number of thiazole rings is 1. The van der Waals surface area contributed by atoms with E-state index in [9.17, 15) is 4.79 Å². The van der Waals surface area contributed by atoms with E-state index in [1.54, 1.807) is 34.0 Å². The molecule has 0 aliphatic carbocycles. The number of nitrogens with zero attached hydrogens (tertiary/aromatic N) is 2. The van der Waals surface area contributed by atoms with E-state index in [2.05, 4.69) is 46.1 Å². The second-order valence-electron chi connectivity index (χ2n) is 6.41. The molecular weight excluding hydrogens is 404 g/mol. The van der Waals surface area contributed by atoms with Crippen molar-refractivity contribution in [2.24, 2.45) is 0 Å². The van der Waals surface area contributed by atoms with Crippen molar-refractivity contribution in [2.75, 3.05) is 6.54 Å². The predicted molar refractivity (Wildman–Crippen MR) is 119 cm³/mol. The van der Waals surface area contributed by atoms with Gasteiger partial charge in [-0.05, 0) is 29.3 Å². The highest BCUT2D eigenvalue weighted by atomic mass is 32.1. The molecule has 4 rings (SSSR count). The number of hydrogen-bond acceptors (Lipinski definition) is 5. The Balaban J connectivity index is 1.44. The third-order valence-electron chi connectivity index (χ3n) is 4.39. The molecule has 1 amide bonds. The fourth-order valence-electron chi connectivity index (χ4n) is 2.95. The number of carbonyl (C=O) groups is 1. The molecule has 0 fully saturated rings. The number of benzene rings is 1. The lowest BCUT2D eigenvalue weighted by molar-refractivity contribution is -0.131. The Kier molecular flexibility index (Phi) is 6.31. The van der Waals surface area contributed by atoms with Crippen molar-refractivity contribution in [1.82, 2.24) is 9.88 Å². The lowest BCUT2D eigenvalue weighted by Gasteiger charge is -2.21. The van der Waals surface area contributed by atoms with Crippen LogP contribution < -0.4 is 0 Å². The number of carbonyl (C=O) groups excluding carboxylic acids is 1. The topological polar surface area (TPSA) is 33.2 Å². The summed E-state index contributed by atoms with van der Waals surface area (Å²) in [5.74, 6) is 0.134. The first-order chi connectivity index (χ1) is 13.8. The maximum absolute atomic E-state index is 13.0. The van der Waals surface area contributed by atoms with Crippen LogP contribution in [0.5, 0.6) is 0 Å². The van der Waals surface area contributed by atoms with Gasteiger partial charge in [0.2, 0.25) is 5.91 Å². The lowest BCUT2D eigenvalue weighted by Crippen LogP contribution is -2.33. The minimum Gasteiger partial charge on any atom is -0.337 e. The third kappa shape index (κ3) is 4.95. The highest BCUT2D eigenvalue weighted by molar-refractivity contribution is 7.13. The zero-order valence-corrected chi connectivity index (χ0v) is 17.7. The molecule has 0 bridgehead atoms.